The largest absolute Gasteiger partial charge is 0.374 e. The summed E-state index contributed by atoms with van der Waals surface area (Å²) in [7, 11) is 1.99. The summed E-state index contributed by atoms with van der Waals surface area (Å²) < 4.78 is 8.17. The Morgan fingerprint density at radius 2 is 2.21 bits per heavy atom. The minimum atomic E-state index is 0.0474. The van der Waals surface area contributed by atoms with Gasteiger partial charge in [-0.1, -0.05) is 30.3 Å². The number of nitrogens with zero attached hydrogens (tertiary/aromatic N) is 4. The van der Waals surface area contributed by atoms with Gasteiger partial charge in [0.1, 0.15) is 5.82 Å². The molecular weight excluding hydrogens is 384 g/mol. The summed E-state index contributed by atoms with van der Waals surface area (Å²) >= 11 is 2.00. The molecule has 0 saturated carbocycles. The maximum absolute atomic E-state index is 6.17. The molecule has 2 atom stereocenters. The summed E-state index contributed by atoms with van der Waals surface area (Å²) in [6.45, 7) is 3.99. The Morgan fingerprint density at radius 3 is 2.93 bits per heavy atom. The van der Waals surface area contributed by atoms with Crippen molar-refractivity contribution in [3.8, 4) is 0 Å². The van der Waals surface area contributed by atoms with Gasteiger partial charge in [0, 0.05) is 25.4 Å². The number of aliphatic imine (C=N–C) groups is 1. The van der Waals surface area contributed by atoms with Crippen molar-refractivity contribution in [1.82, 2.24) is 25.4 Å². The Kier molecular flexibility index (Phi) is 6.40. The van der Waals surface area contributed by atoms with Crippen LogP contribution in [0.2, 0.25) is 0 Å². The molecule has 0 radical (unpaired) electrons. The third kappa shape index (κ3) is 5.11. The highest BCUT2D eigenvalue weighted by atomic mass is 32.2. The Labute approximate surface area is 176 Å². The summed E-state index contributed by atoms with van der Waals surface area (Å²) in [5, 5.41) is 15.5. The molecule has 3 heterocycles. The lowest BCUT2D eigenvalue weighted by Gasteiger charge is -2.38. The van der Waals surface area contributed by atoms with E-state index in [1.807, 2.05) is 48.5 Å². The van der Waals surface area contributed by atoms with Crippen LogP contribution in [-0.2, 0) is 24.9 Å². The number of rotatable bonds is 5. The van der Waals surface area contributed by atoms with Crippen molar-refractivity contribution in [1.29, 1.82) is 0 Å². The molecule has 2 unspecified atom stereocenters. The van der Waals surface area contributed by atoms with E-state index in [2.05, 4.69) is 33.0 Å². The molecule has 4 rings (SSSR count). The van der Waals surface area contributed by atoms with Gasteiger partial charge in [0.25, 0.3) is 0 Å². The zero-order valence-corrected chi connectivity index (χ0v) is 18.0. The predicted octanol–water partition coefficient (Wildman–Crippen LogP) is 2.41. The van der Waals surface area contributed by atoms with Gasteiger partial charge in [0.2, 0.25) is 0 Å². The van der Waals surface area contributed by atoms with Gasteiger partial charge in [-0.15, -0.1) is 10.2 Å². The first-order valence-corrected chi connectivity index (χ1v) is 11.4. The molecule has 2 aliphatic heterocycles. The minimum absolute atomic E-state index is 0.0474. The summed E-state index contributed by atoms with van der Waals surface area (Å²) in [4.78, 5) is 4.85. The van der Waals surface area contributed by atoms with Crippen molar-refractivity contribution in [3.05, 3.63) is 47.5 Å². The van der Waals surface area contributed by atoms with Crippen molar-refractivity contribution in [2.75, 3.05) is 18.1 Å². The zero-order chi connectivity index (χ0) is 20.1. The molecular formula is C21H30N6OS. The van der Waals surface area contributed by atoms with Crippen LogP contribution in [-0.4, -0.2) is 50.5 Å². The maximum atomic E-state index is 6.17. The van der Waals surface area contributed by atoms with Crippen LogP contribution in [0.15, 0.2) is 35.3 Å². The van der Waals surface area contributed by atoms with E-state index in [0.717, 1.165) is 49.2 Å². The molecule has 0 amide bonds. The lowest BCUT2D eigenvalue weighted by molar-refractivity contribution is -0.0679. The molecule has 1 aromatic heterocycles. The van der Waals surface area contributed by atoms with Gasteiger partial charge in [0.05, 0.1) is 18.7 Å². The molecule has 29 heavy (non-hydrogen) atoms. The molecule has 2 aromatic rings. The first kappa shape index (κ1) is 20.2. The Hall–Kier alpha value is -2.06. The number of benzene rings is 1. The predicted molar refractivity (Wildman–Crippen MR) is 117 cm³/mol. The number of ether oxygens (including phenoxy) is 1. The number of hydrogen-bond donors (Lipinski definition) is 2. The molecule has 156 valence electrons. The average Bonchev–Trinajstić information content (AvgIpc) is 3.32. The maximum Gasteiger partial charge on any atom is 0.192 e. The average molecular weight is 415 g/mol. The van der Waals surface area contributed by atoms with Crippen LogP contribution < -0.4 is 10.6 Å². The molecule has 0 bridgehead atoms. The normalized spacial score (nSPS) is 24.8. The molecule has 2 aliphatic rings. The van der Waals surface area contributed by atoms with Crippen LogP contribution in [0.5, 0.6) is 0 Å². The highest BCUT2D eigenvalue weighted by Crippen LogP contribution is 2.38. The van der Waals surface area contributed by atoms with Crippen molar-refractivity contribution in [2.45, 2.75) is 50.9 Å². The van der Waals surface area contributed by atoms with E-state index < -0.39 is 0 Å². The van der Waals surface area contributed by atoms with Gasteiger partial charge in [-0.3, -0.25) is 0 Å². The molecule has 2 N–H and O–H groups in total. The van der Waals surface area contributed by atoms with Gasteiger partial charge < -0.3 is 19.9 Å². The number of aromatic nitrogens is 3. The fraction of sp³-hybridized carbons (Fsp3) is 0.571. The Balaban J connectivity index is 1.44. The quantitative estimate of drug-likeness (QED) is 0.578. The monoisotopic (exact) mass is 414 g/mol. The van der Waals surface area contributed by atoms with Crippen molar-refractivity contribution < 1.29 is 4.74 Å². The molecule has 7 nitrogen and oxygen atoms in total. The third-order valence-corrected chi connectivity index (χ3v) is 6.98. The second-order valence-electron chi connectivity index (χ2n) is 7.89. The number of nitrogens with one attached hydrogen (secondary N) is 2. The van der Waals surface area contributed by atoms with E-state index in [1.54, 1.807) is 0 Å². The number of guanidine groups is 1. The van der Waals surface area contributed by atoms with Crippen molar-refractivity contribution in [2.24, 2.45) is 12.0 Å². The first-order chi connectivity index (χ1) is 14.1. The highest BCUT2D eigenvalue weighted by molar-refractivity contribution is 7.99. The van der Waals surface area contributed by atoms with Gasteiger partial charge in [-0.05, 0) is 37.5 Å². The van der Waals surface area contributed by atoms with Gasteiger partial charge in [-0.2, -0.15) is 11.8 Å². The van der Waals surface area contributed by atoms with E-state index in [-0.39, 0.29) is 5.60 Å². The highest BCUT2D eigenvalue weighted by Gasteiger charge is 2.40. The summed E-state index contributed by atoms with van der Waals surface area (Å²) in [6.07, 6.45) is 3.19. The van der Waals surface area contributed by atoms with Crippen LogP contribution >= 0.6 is 11.8 Å². The van der Waals surface area contributed by atoms with E-state index in [1.165, 1.54) is 11.3 Å². The number of hydrogen-bond acceptors (Lipinski definition) is 5. The molecule has 1 aromatic carbocycles. The smallest absolute Gasteiger partial charge is 0.192 e. The van der Waals surface area contributed by atoms with E-state index in [4.69, 9.17) is 9.73 Å². The fourth-order valence-electron chi connectivity index (χ4n) is 3.88. The summed E-state index contributed by atoms with van der Waals surface area (Å²) in [5.41, 5.74) is 1.24. The van der Waals surface area contributed by atoms with Gasteiger partial charge in [-0.25, -0.2) is 4.99 Å². The SMILES string of the molecule is Cc1nnc(CNC(=NCc2ccccc2)NC2CCOC3(CCSC3)C2)n1C. The van der Waals surface area contributed by atoms with Gasteiger partial charge >= 0.3 is 0 Å². The third-order valence-electron chi connectivity index (χ3n) is 5.76. The van der Waals surface area contributed by atoms with E-state index >= 15 is 0 Å². The summed E-state index contributed by atoms with van der Waals surface area (Å²) in [6, 6.07) is 10.7. The van der Waals surface area contributed by atoms with Crippen LogP contribution in [0.25, 0.3) is 0 Å². The Bertz CT molecular complexity index is 831. The Morgan fingerprint density at radius 1 is 1.34 bits per heavy atom. The molecule has 1 spiro atoms. The van der Waals surface area contributed by atoms with Crippen LogP contribution in [0.4, 0.5) is 0 Å². The lowest BCUT2D eigenvalue weighted by Crippen LogP contribution is -2.51. The van der Waals surface area contributed by atoms with E-state index in [0.29, 0.717) is 19.1 Å². The van der Waals surface area contributed by atoms with E-state index in [9.17, 15) is 0 Å². The number of thioether (sulfide) groups is 1. The summed E-state index contributed by atoms with van der Waals surface area (Å²) in [5.74, 6) is 4.93. The standard InChI is InChI=1S/C21H30N6OS/c1-16-25-26-19(27(16)2)14-23-20(22-13-17-6-4-3-5-7-17)24-18-8-10-28-21(12-18)9-11-29-15-21/h3-7,18H,8-15H2,1-2H3,(H2,22,23,24). The topological polar surface area (TPSA) is 76.4 Å². The first-order valence-electron chi connectivity index (χ1n) is 10.3. The molecule has 0 aliphatic carbocycles. The second-order valence-corrected chi connectivity index (χ2v) is 9.00. The lowest BCUT2D eigenvalue weighted by atomic mass is 9.90. The van der Waals surface area contributed by atoms with Crippen molar-refractivity contribution in [3.63, 3.8) is 0 Å². The van der Waals surface area contributed by atoms with Crippen LogP contribution in [0.1, 0.15) is 36.5 Å². The second kappa shape index (κ2) is 9.17. The zero-order valence-electron chi connectivity index (χ0n) is 17.2. The van der Waals surface area contributed by atoms with Crippen LogP contribution in [0.3, 0.4) is 0 Å². The van der Waals surface area contributed by atoms with Crippen molar-refractivity contribution >= 4 is 17.7 Å². The fourth-order valence-corrected chi connectivity index (χ4v) is 5.26. The van der Waals surface area contributed by atoms with Crippen LogP contribution in [0, 0.1) is 6.92 Å². The van der Waals surface area contributed by atoms with Gasteiger partial charge in [0.15, 0.2) is 11.8 Å². The number of aryl methyl sites for hydroxylation is 1. The molecule has 8 heteroatoms. The molecule has 2 fully saturated rings. The molecule has 2 saturated heterocycles. The minimum Gasteiger partial charge on any atom is -0.374 e.